The summed E-state index contributed by atoms with van der Waals surface area (Å²) in [5.41, 5.74) is -0.0505. The molecule has 1 saturated heterocycles. The van der Waals surface area contributed by atoms with Crippen molar-refractivity contribution in [2.45, 2.75) is 26.8 Å². The van der Waals surface area contributed by atoms with Crippen LogP contribution in [0.3, 0.4) is 0 Å². The number of benzene rings is 1. The summed E-state index contributed by atoms with van der Waals surface area (Å²) in [5.74, 6) is -1.40. The van der Waals surface area contributed by atoms with Gasteiger partial charge in [0.15, 0.2) is 0 Å². The highest BCUT2D eigenvalue weighted by Crippen LogP contribution is 2.34. The highest BCUT2D eigenvalue weighted by molar-refractivity contribution is 5.80. The zero-order valence-electron chi connectivity index (χ0n) is 12.0. The van der Waals surface area contributed by atoms with E-state index in [1.54, 1.807) is 0 Å². The first-order chi connectivity index (χ1) is 9.29. The Hall–Kier alpha value is -1.49. The molecule has 0 spiro atoms. The molecule has 0 aromatic heterocycles. The molecule has 3 nitrogen and oxygen atoms in total. The minimum absolute atomic E-state index is 0.0663. The summed E-state index contributed by atoms with van der Waals surface area (Å²) in [7, 11) is 0. The number of carbonyl (C=O) groups excluding carboxylic acids is 1. The Morgan fingerprint density at radius 2 is 2.00 bits per heavy atom. The number of hydrogen-bond donors (Lipinski definition) is 2. The predicted octanol–water partition coefficient (Wildman–Crippen LogP) is 2.39. The number of rotatable bonds is 3. The minimum Gasteiger partial charge on any atom is -0.348 e. The third-order valence-corrected chi connectivity index (χ3v) is 3.58. The Kier molecular flexibility index (Phi) is 4.09. The first-order valence-corrected chi connectivity index (χ1v) is 6.75. The molecule has 2 N–H and O–H groups in total. The molecule has 5 heteroatoms. The minimum atomic E-state index is -0.628. The van der Waals surface area contributed by atoms with Crippen molar-refractivity contribution in [1.82, 2.24) is 10.6 Å². The highest BCUT2D eigenvalue weighted by atomic mass is 19.1. The van der Waals surface area contributed by atoms with E-state index in [0.29, 0.717) is 18.7 Å². The van der Waals surface area contributed by atoms with E-state index in [2.05, 4.69) is 10.6 Å². The lowest BCUT2D eigenvalue weighted by molar-refractivity contribution is -0.128. The van der Waals surface area contributed by atoms with Crippen LogP contribution < -0.4 is 10.6 Å². The van der Waals surface area contributed by atoms with Crippen LogP contribution in [0.15, 0.2) is 18.2 Å². The largest absolute Gasteiger partial charge is 0.348 e. The number of hydrogen-bond acceptors (Lipinski definition) is 2. The third-order valence-electron chi connectivity index (χ3n) is 3.58. The molecule has 2 rings (SSSR count). The molecule has 0 aliphatic carbocycles. The summed E-state index contributed by atoms with van der Waals surface area (Å²) in [5, 5.41) is 5.92. The first-order valence-electron chi connectivity index (χ1n) is 6.75. The summed E-state index contributed by atoms with van der Waals surface area (Å²) in [6.07, 6.45) is 0. The second kappa shape index (κ2) is 5.48. The van der Waals surface area contributed by atoms with Gasteiger partial charge >= 0.3 is 0 Å². The zero-order chi connectivity index (χ0) is 14.9. The van der Waals surface area contributed by atoms with Crippen molar-refractivity contribution in [3.05, 3.63) is 35.4 Å². The molecule has 0 bridgehead atoms. The maximum absolute atomic E-state index is 14.0. The molecule has 1 fully saturated rings. The summed E-state index contributed by atoms with van der Waals surface area (Å²) in [4.78, 5) is 12.1. The van der Waals surface area contributed by atoms with E-state index in [9.17, 15) is 13.6 Å². The second-order valence-electron chi connectivity index (χ2n) is 6.33. The Morgan fingerprint density at radius 3 is 2.45 bits per heavy atom. The molecule has 1 heterocycles. The quantitative estimate of drug-likeness (QED) is 0.893. The molecule has 1 aliphatic heterocycles. The molecular formula is C15H20F2N2O. The van der Waals surface area contributed by atoms with Gasteiger partial charge in [-0.2, -0.15) is 0 Å². The molecule has 1 aromatic carbocycles. The molecule has 1 unspecified atom stereocenters. The van der Waals surface area contributed by atoms with Crippen molar-refractivity contribution < 1.29 is 13.6 Å². The fourth-order valence-electron chi connectivity index (χ4n) is 2.23. The predicted molar refractivity (Wildman–Crippen MR) is 73.1 cm³/mol. The van der Waals surface area contributed by atoms with Gasteiger partial charge in [-0.25, -0.2) is 8.78 Å². The Balaban J connectivity index is 2.25. The van der Waals surface area contributed by atoms with Gasteiger partial charge in [0.2, 0.25) is 5.91 Å². The number of amides is 1. The summed E-state index contributed by atoms with van der Waals surface area (Å²) >= 11 is 0. The van der Waals surface area contributed by atoms with Gasteiger partial charge in [0.25, 0.3) is 0 Å². The molecule has 0 saturated carbocycles. The number of carbonyl (C=O) groups is 1. The van der Waals surface area contributed by atoms with E-state index in [1.807, 2.05) is 20.8 Å². The number of halogens is 2. The van der Waals surface area contributed by atoms with Crippen molar-refractivity contribution in [2.75, 3.05) is 13.1 Å². The van der Waals surface area contributed by atoms with Gasteiger partial charge in [-0.3, -0.25) is 4.79 Å². The molecule has 20 heavy (non-hydrogen) atoms. The van der Waals surface area contributed by atoms with Gasteiger partial charge in [-0.1, -0.05) is 26.8 Å². The average molecular weight is 282 g/mol. The van der Waals surface area contributed by atoms with E-state index < -0.39 is 17.7 Å². The normalized spacial score (nSPS) is 17.4. The van der Waals surface area contributed by atoms with Crippen molar-refractivity contribution >= 4 is 5.91 Å². The fraction of sp³-hybridized carbons (Fsp3) is 0.533. The Morgan fingerprint density at radius 1 is 1.35 bits per heavy atom. The van der Waals surface area contributed by atoms with Gasteiger partial charge in [-0.05, 0) is 11.5 Å². The lowest BCUT2D eigenvalue weighted by atomic mass is 9.81. The lowest BCUT2D eigenvalue weighted by Gasteiger charge is -2.35. The van der Waals surface area contributed by atoms with Crippen LogP contribution in [0, 0.1) is 23.0 Å². The van der Waals surface area contributed by atoms with Crippen LogP contribution in [0.4, 0.5) is 8.78 Å². The van der Waals surface area contributed by atoms with Crippen LogP contribution in [-0.4, -0.2) is 19.0 Å². The SMILES string of the molecule is CC(C)(C)C(NC(=O)C1CNC1)c1ccc(F)cc1F. The molecular weight excluding hydrogens is 262 g/mol. The molecule has 0 radical (unpaired) electrons. The topological polar surface area (TPSA) is 41.1 Å². The van der Waals surface area contributed by atoms with Crippen LogP contribution in [0.25, 0.3) is 0 Å². The van der Waals surface area contributed by atoms with Crippen LogP contribution >= 0.6 is 0 Å². The molecule has 110 valence electrons. The Bertz CT molecular complexity index is 507. The molecule has 1 atom stereocenters. The van der Waals surface area contributed by atoms with Crippen LogP contribution in [0.2, 0.25) is 0 Å². The van der Waals surface area contributed by atoms with Gasteiger partial charge in [0.1, 0.15) is 11.6 Å². The van der Waals surface area contributed by atoms with Gasteiger partial charge in [-0.15, -0.1) is 0 Å². The van der Waals surface area contributed by atoms with Crippen LogP contribution in [-0.2, 0) is 4.79 Å². The van der Waals surface area contributed by atoms with Crippen LogP contribution in [0.1, 0.15) is 32.4 Å². The van der Waals surface area contributed by atoms with Crippen molar-refractivity contribution in [2.24, 2.45) is 11.3 Å². The molecule has 1 amide bonds. The van der Waals surface area contributed by atoms with E-state index in [1.165, 1.54) is 12.1 Å². The van der Waals surface area contributed by atoms with E-state index in [4.69, 9.17) is 0 Å². The van der Waals surface area contributed by atoms with E-state index in [-0.39, 0.29) is 17.2 Å². The lowest BCUT2D eigenvalue weighted by Crippen LogP contribution is -2.52. The van der Waals surface area contributed by atoms with Gasteiger partial charge in [0, 0.05) is 24.7 Å². The fourth-order valence-corrected chi connectivity index (χ4v) is 2.23. The van der Waals surface area contributed by atoms with Crippen molar-refractivity contribution in [1.29, 1.82) is 0 Å². The monoisotopic (exact) mass is 282 g/mol. The summed E-state index contributed by atoms with van der Waals surface area (Å²) < 4.78 is 27.0. The van der Waals surface area contributed by atoms with Crippen LogP contribution in [0.5, 0.6) is 0 Å². The van der Waals surface area contributed by atoms with Crippen molar-refractivity contribution in [3.63, 3.8) is 0 Å². The van der Waals surface area contributed by atoms with Gasteiger partial charge < -0.3 is 10.6 Å². The summed E-state index contributed by atoms with van der Waals surface area (Å²) in [6.45, 7) is 7.04. The van der Waals surface area contributed by atoms with Gasteiger partial charge in [0.05, 0.1) is 12.0 Å². The van der Waals surface area contributed by atoms with E-state index in [0.717, 1.165) is 6.07 Å². The summed E-state index contributed by atoms with van der Waals surface area (Å²) in [6, 6.07) is 2.98. The third kappa shape index (κ3) is 3.15. The van der Waals surface area contributed by atoms with Crippen molar-refractivity contribution in [3.8, 4) is 0 Å². The average Bonchev–Trinajstić information content (AvgIpc) is 2.22. The Labute approximate surface area is 117 Å². The second-order valence-corrected chi connectivity index (χ2v) is 6.33. The highest BCUT2D eigenvalue weighted by Gasteiger charge is 2.33. The van der Waals surface area contributed by atoms with E-state index >= 15 is 0 Å². The zero-order valence-corrected chi connectivity index (χ0v) is 12.0. The molecule has 1 aromatic rings. The number of nitrogens with one attached hydrogen (secondary N) is 2. The standard InChI is InChI=1S/C15H20F2N2O/c1-15(2,3)13(19-14(20)9-7-18-8-9)11-5-4-10(16)6-12(11)17/h4-6,9,13,18H,7-8H2,1-3H3,(H,19,20). The maximum Gasteiger partial charge on any atom is 0.226 e. The smallest absolute Gasteiger partial charge is 0.226 e. The molecule has 1 aliphatic rings. The maximum atomic E-state index is 14.0. The first kappa shape index (κ1) is 14.9.